The fourth-order valence-electron chi connectivity index (χ4n) is 5.56. The Balaban J connectivity index is 1.19. The Kier molecular flexibility index (Phi) is 10.4. The first-order valence-corrected chi connectivity index (χ1v) is 17.8. The molecule has 47 heavy (non-hydrogen) atoms. The molecule has 1 aliphatic heterocycles. The van der Waals surface area contributed by atoms with Crippen LogP contribution in [-0.2, 0) is 32.6 Å². The molecule has 1 fully saturated rings. The van der Waals surface area contributed by atoms with Gasteiger partial charge in [-0.1, -0.05) is 104 Å². The molecular formula is C37H36N2O6S2. The number of sulfonamides is 1. The van der Waals surface area contributed by atoms with Crippen molar-refractivity contribution in [3.8, 4) is 11.1 Å². The van der Waals surface area contributed by atoms with Crippen molar-refractivity contribution in [1.29, 1.82) is 0 Å². The molecule has 2 heterocycles. The van der Waals surface area contributed by atoms with E-state index in [1.54, 1.807) is 42.5 Å². The third-order valence-electron chi connectivity index (χ3n) is 8.27. The highest BCUT2D eigenvalue weighted by Gasteiger charge is 2.38. The molecule has 0 radical (unpaired) electrons. The Morgan fingerprint density at radius 1 is 0.809 bits per heavy atom. The van der Waals surface area contributed by atoms with Crippen molar-refractivity contribution in [1.82, 2.24) is 4.72 Å². The number of hydrogen-bond acceptors (Lipinski definition) is 7. The highest BCUT2D eigenvalue weighted by molar-refractivity contribution is 7.99. The summed E-state index contributed by atoms with van der Waals surface area (Å²) in [6.07, 6.45) is 0.378. The molecule has 6 rings (SSSR count). The van der Waals surface area contributed by atoms with Crippen molar-refractivity contribution in [2.75, 3.05) is 5.75 Å². The molecule has 5 aromatic rings. The summed E-state index contributed by atoms with van der Waals surface area (Å²) < 4.78 is 42.1. The zero-order valence-electron chi connectivity index (χ0n) is 25.8. The number of hydrogen-bond donors (Lipinski definition) is 2. The number of aliphatic hydroxyl groups is 1. The number of rotatable bonds is 11. The predicted molar refractivity (Wildman–Crippen MR) is 181 cm³/mol. The van der Waals surface area contributed by atoms with Crippen molar-refractivity contribution in [2.24, 2.45) is 5.92 Å². The standard InChI is InChI=1S/C37H36N2O6S2/c1-26-34(25-46-35-12-5-6-21-39(35)41)44-37(45-36(26)30-15-13-27(24-40)14-16-30)31-19-17-29(18-20-31)32-9-7-8-28(22-32)23-38-47(42,43)33-10-3-2-4-11-33/h2-22,26,34,36-38,40H,23-25H2,1H3. The largest absolute Gasteiger partial charge is 0.618 e. The molecule has 0 bridgehead atoms. The van der Waals surface area contributed by atoms with E-state index in [9.17, 15) is 18.7 Å². The number of aromatic nitrogens is 1. The monoisotopic (exact) mass is 668 g/mol. The number of pyridine rings is 1. The van der Waals surface area contributed by atoms with Crippen LogP contribution in [0.15, 0.2) is 137 Å². The van der Waals surface area contributed by atoms with Gasteiger partial charge in [0.05, 0.1) is 23.7 Å². The summed E-state index contributed by atoms with van der Waals surface area (Å²) >= 11 is 1.46. The summed E-state index contributed by atoms with van der Waals surface area (Å²) in [5.41, 5.74) is 5.45. The molecule has 1 aromatic heterocycles. The average molecular weight is 669 g/mol. The highest BCUT2D eigenvalue weighted by Crippen LogP contribution is 2.43. The minimum atomic E-state index is -3.62. The molecule has 1 aliphatic rings. The molecular weight excluding hydrogens is 633 g/mol. The first-order valence-electron chi connectivity index (χ1n) is 15.4. The van der Waals surface area contributed by atoms with Crippen LogP contribution < -0.4 is 9.45 Å². The number of aliphatic hydroxyl groups excluding tert-OH is 1. The summed E-state index contributed by atoms with van der Waals surface area (Å²) in [5.74, 6) is 0.557. The van der Waals surface area contributed by atoms with Gasteiger partial charge in [-0.2, -0.15) is 4.73 Å². The van der Waals surface area contributed by atoms with Gasteiger partial charge >= 0.3 is 0 Å². The number of nitrogens with zero attached hydrogens (tertiary/aromatic N) is 1. The second-order valence-corrected chi connectivity index (χ2v) is 14.3. The van der Waals surface area contributed by atoms with Gasteiger partial charge in [0, 0.05) is 35.9 Å². The van der Waals surface area contributed by atoms with Gasteiger partial charge < -0.3 is 19.8 Å². The molecule has 10 heteroatoms. The molecule has 0 spiro atoms. The molecule has 0 aliphatic carbocycles. The summed E-state index contributed by atoms with van der Waals surface area (Å²) in [6, 6.07) is 37.2. The van der Waals surface area contributed by atoms with E-state index in [0.717, 1.165) is 38.1 Å². The lowest BCUT2D eigenvalue weighted by atomic mass is 9.91. The van der Waals surface area contributed by atoms with Gasteiger partial charge in [-0.15, -0.1) is 0 Å². The Morgan fingerprint density at radius 2 is 1.53 bits per heavy atom. The SMILES string of the molecule is CC1C(CSc2cccc[n+]2[O-])OC(c2ccc(-c3cccc(CNS(=O)(=O)c4ccccc4)c3)cc2)OC1c1ccc(CO)cc1. The van der Waals surface area contributed by atoms with Gasteiger partial charge in [-0.05, 0) is 52.1 Å². The van der Waals surface area contributed by atoms with Crippen molar-refractivity contribution >= 4 is 21.8 Å². The molecule has 1 saturated heterocycles. The van der Waals surface area contributed by atoms with E-state index in [0.29, 0.717) is 10.8 Å². The van der Waals surface area contributed by atoms with Crippen molar-refractivity contribution < 1.29 is 27.7 Å². The van der Waals surface area contributed by atoms with Crippen LogP contribution in [0.1, 0.15) is 41.6 Å². The molecule has 2 N–H and O–H groups in total. The van der Waals surface area contributed by atoms with Crippen molar-refractivity contribution in [3.05, 3.63) is 155 Å². The second kappa shape index (κ2) is 14.8. The zero-order chi connectivity index (χ0) is 32.8. The second-order valence-electron chi connectivity index (χ2n) is 11.5. The lowest BCUT2D eigenvalue weighted by molar-refractivity contribution is -0.645. The molecule has 4 atom stereocenters. The molecule has 242 valence electrons. The smallest absolute Gasteiger partial charge is 0.251 e. The Labute approximate surface area is 279 Å². The minimum Gasteiger partial charge on any atom is -0.618 e. The van der Waals surface area contributed by atoms with Gasteiger partial charge in [0.1, 0.15) is 0 Å². The van der Waals surface area contributed by atoms with Gasteiger partial charge in [0.25, 0.3) is 5.03 Å². The Hall–Kier alpha value is -4.03. The van der Waals surface area contributed by atoms with E-state index in [1.165, 1.54) is 18.0 Å². The van der Waals surface area contributed by atoms with E-state index in [1.807, 2.05) is 78.9 Å². The fourth-order valence-corrected chi connectivity index (χ4v) is 7.68. The lowest BCUT2D eigenvalue weighted by Crippen LogP contribution is -2.39. The van der Waals surface area contributed by atoms with E-state index in [-0.39, 0.29) is 36.2 Å². The molecule has 0 saturated carbocycles. The van der Waals surface area contributed by atoms with Crippen LogP contribution in [0.5, 0.6) is 0 Å². The van der Waals surface area contributed by atoms with E-state index >= 15 is 0 Å². The highest BCUT2D eigenvalue weighted by atomic mass is 32.2. The average Bonchev–Trinajstić information content (AvgIpc) is 3.11. The van der Waals surface area contributed by atoms with Crippen LogP contribution in [0, 0.1) is 11.1 Å². The maximum absolute atomic E-state index is 12.7. The maximum atomic E-state index is 12.7. The first kappa shape index (κ1) is 32.9. The van der Waals surface area contributed by atoms with E-state index < -0.39 is 16.3 Å². The molecule has 4 aromatic carbocycles. The van der Waals surface area contributed by atoms with Crippen LogP contribution in [0.4, 0.5) is 0 Å². The third kappa shape index (κ3) is 7.93. The van der Waals surface area contributed by atoms with E-state index in [4.69, 9.17) is 9.47 Å². The Bertz CT molecular complexity index is 1890. The van der Waals surface area contributed by atoms with Gasteiger partial charge in [-0.25, -0.2) is 13.1 Å². The van der Waals surface area contributed by atoms with Crippen LogP contribution in [0.3, 0.4) is 0 Å². The van der Waals surface area contributed by atoms with Crippen molar-refractivity contribution in [3.63, 3.8) is 0 Å². The van der Waals surface area contributed by atoms with E-state index in [2.05, 4.69) is 11.6 Å². The van der Waals surface area contributed by atoms with Gasteiger partial charge in [0.2, 0.25) is 10.0 Å². The number of benzene rings is 4. The summed E-state index contributed by atoms with van der Waals surface area (Å²) in [5, 5.41) is 22.4. The van der Waals surface area contributed by atoms with Gasteiger partial charge in [0.15, 0.2) is 12.5 Å². The molecule has 0 amide bonds. The lowest BCUT2D eigenvalue weighted by Gasteiger charge is -2.41. The summed E-state index contributed by atoms with van der Waals surface area (Å²) in [4.78, 5) is 0.229. The van der Waals surface area contributed by atoms with Crippen LogP contribution in [-0.4, -0.2) is 25.4 Å². The first-order chi connectivity index (χ1) is 22.8. The minimum absolute atomic E-state index is 0.0103. The number of thioether (sulfide) groups is 1. The molecule has 4 unspecified atom stereocenters. The third-order valence-corrected chi connectivity index (χ3v) is 10.8. The van der Waals surface area contributed by atoms with Crippen LogP contribution in [0.25, 0.3) is 11.1 Å². The fraction of sp³-hybridized carbons (Fsp3) is 0.216. The normalized spacial score (nSPS) is 19.8. The van der Waals surface area contributed by atoms with Crippen LogP contribution in [0.2, 0.25) is 0 Å². The zero-order valence-corrected chi connectivity index (χ0v) is 27.4. The molecule has 8 nitrogen and oxygen atoms in total. The number of ether oxygens (including phenoxy) is 2. The number of nitrogens with one attached hydrogen (secondary N) is 1. The Morgan fingerprint density at radius 3 is 2.26 bits per heavy atom. The quantitative estimate of drug-likeness (QED) is 0.0934. The summed E-state index contributed by atoms with van der Waals surface area (Å²) in [7, 11) is -3.62. The van der Waals surface area contributed by atoms with Crippen molar-refractivity contribution in [2.45, 2.75) is 48.5 Å². The summed E-state index contributed by atoms with van der Waals surface area (Å²) in [6.45, 7) is 2.23. The maximum Gasteiger partial charge on any atom is 0.251 e. The van der Waals surface area contributed by atoms with Crippen LogP contribution >= 0.6 is 11.8 Å². The topological polar surface area (TPSA) is 112 Å². The predicted octanol–water partition coefficient (Wildman–Crippen LogP) is 6.54. The van der Waals surface area contributed by atoms with Gasteiger partial charge in [-0.3, -0.25) is 0 Å².